The molecule has 0 radical (unpaired) electrons. The SMILES string of the molecule is CN(C)CCOc1ccc(-c2[nH]c3ncnc(NC[C@@H]4CCC[C@@H]4N)c3c2-c2ccccc2)cc1. The van der Waals surface area contributed by atoms with Gasteiger partial charge in [0.25, 0.3) is 0 Å². The zero-order chi connectivity index (χ0) is 24.2. The number of aromatic amines is 1. The van der Waals surface area contributed by atoms with E-state index in [0.717, 1.165) is 70.9 Å². The van der Waals surface area contributed by atoms with Gasteiger partial charge in [0, 0.05) is 24.7 Å². The van der Waals surface area contributed by atoms with Crippen molar-refractivity contribution in [2.75, 3.05) is 39.1 Å². The molecule has 0 unspecified atom stereocenters. The maximum absolute atomic E-state index is 6.32. The fraction of sp³-hybridized carbons (Fsp3) is 0.357. The minimum absolute atomic E-state index is 0.258. The Morgan fingerprint density at radius 1 is 1.03 bits per heavy atom. The first-order valence-electron chi connectivity index (χ1n) is 12.4. The molecule has 4 N–H and O–H groups in total. The lowest BCUT2D eigenvalue weighted by Crippen LogP contribution is -2.29. The Morgan fingerprint density at radius 3 is 2.54 bits per heavy atom. The number of nitrogens with two attached hydrogens (primary N) is 1. The highest BCUT2D eigenvalue weighted by Crippen LogP contribution is 2.40. The van der Waals surface area contributed by atoms with Gasteiger partial charge in [0.1, 0.15) is 30.1 Å². The molecule has 0 bridgehead atoms. The van der Waals surface area contributed by atoms with E-state index in [2.05, 4.69) is 61.6 Å². The molecule has 0 saturated heterocycles. The van der Waals surface area contributed by atoms with Gasteiger partial charge in [-0.2, -0.15) is 0 Å². The molecule has 2 aromatic heterocycles. The lowest BCUT2D eigenvalue weighted by molar-refractivity contribution is 0.261. The molecule has 1 fully saturated rings. The van der Waals surface area contributed by atoms with Crippen LogP contribution in [0.15, 0.2) is 60.9 Å². The van der Waals surface area contributed by atoms with Gasteiger partial charge in [0.05, 0.1) is 11.1 Å². The van der Waals surface area contributed by atoms with Crippen molar-refractivity contribution in [2.45, 2.75) is 25.3 Å². The number of nitrogens with zero attached hydrogens (tertiary/aromatic N) is 3. The van der Waals surface area contributed by atoms with E-state index in [1.807, 2.05) is 32.3 Å². The second kappa shape index (κ2) is 10.5. The summed E-state index contributed by atoms with van der Waals surface area (Å²) in [6.07, 6.45) is 5.08. The van der Waals surface area contributed by atoms with Crippen LogP contribution in [0.3, 0.4) is 0 Å². The predicted molar refractivity (Wildman–Crippen MR) is 143 cm³/mol. The number of fused-ring (bicyclic) bond motifs is 1. The molecular weight excluding hydrogens is 436 g/mol. The van der Waals surface area contributed by atoms with Crippen LogP contribution in [0.25, 0.3) is 33.4 Å². The highest BCUT2D eigenvalue weighted by atomic mass is 16.5. The minimum atomic E-state index is 0.258. The first-order valence-corrected chi connectivity index (χ1v) is 12.4. The van der Waals surface area contributed by atoms with Crippen molar-refractivity contribution in [3.63, 3.8) is 0 Å². The van der Waals surface area contributed by atoms with Crippen molar-refractivity contribution in [3.8, 4) is 28.1 Å². The second-order valence-corrected chi connectivity index (χ2v) is 9.60. The highest BCUT2D eigenvalue weighted by molar-refractivity contribution is 6.07. The highest BCUT2D eigenvalue weighted by Gasteiger charge is 2.25. The number of nitrogens with one attached hydrogen (secondary N) is 2. The van der Waals surface area contributed by atoms with E-state index in [9.17, 15) is 0 Å². The molecule has 2 heterocycles. The molecule has 0 aliphatic heterocycles. The van der Waals surface area contributed by atoms with Gasteiger partial charge in [-0.25, -0.2) is 9.97 Å². The molecule has 0 amide bonds. The van der Waals surface area contributed by atoms with Gasteiger partial charge in [-0.05, 0) is 68.2 Å². The van der Waals surface area contributed by atoms with E-state index in [1.165, 1.54) is 6.42 Å². The van der Waals surface area contributed by atoms with Crippen molar-refractivity contribution in [3.05, 3.63) is 60.9 Å². The fourth-order valence-electron chi connectivity index (χ4n) is 4.88. The Kier molecular flexibility index (Phi) is 6.97. The van der Waals surface area contributed by atoms with E-state index < -0.39 is 0 Å². The van der Waals surface area contributed by atoms with Crippen LogP contribution in [0, 0.1) is 5.92 Å². The van der Waals surface area contributed by atoms with Crippen molar-refractivity contribution in [1.29, 1.82) is 0 Å². The minimum Gasteiger partial charge on any atom is -0.492 e. The zero-order valence-electron chi connectivity index (χ0n) is 20.5. The molecule has 5 rings (SSSR count). The molecule has 7 heteroatoms. The van der Waals surface area contributed by atoms with Crippen molar-refractivity contribution in [1.82, 2.24) is 19.9 Å². The fourth-order valence-corrected chi connectivity index (χ4v) is 4.88. The molecule has 2 aromatic carbocycles. The summed E-state index contributed by atoms with van der Waals surface area (Å²) in [5.74, 6) is 2.18. The summed E-state index contributed by atoms with van der Waals surface area (Å²) in [6.45, 7) is 2.35. The van der Waals surface area contributed by atoms with Crippen LogP contribution in [-0.2, 0) is 0 Å². The van der Waals surface area contributed by atoms with Crippen LogP contribution in [-0.4, -0.2) is 59.7 Å². The average molecular weight is 471 g/mol. The number of hydrogen-bond donors (Lipinski definition) is 3. The third kappa shape index (κ3) is 5.16. The summed E-state index contributed by atoms with van der Waals surface area (Å²) in [6, 6.07) is 18.9. The Hall–Kier alpha value is -3.42. The van der Waals surface area contributed by atoms with Gasteiger partial charge in [0.2, 0.25) is 0 Å². The first-order chi connectivity index (χ1) is 17.1. The van der Waals surface area contributed by atoms with Crippen LogP contribution >= 0.6 is 0 Å². The van der Waals surface area contributed by atoms with Crippen molar-refractivity contribution in [2.24, 2.45) is 11.7 Å². The molecule has 1 aliphatic rings. The first kappa shape index (κ1) is 23.3. The van der Waals surface area contributed by atoms with Gasteiger partial charge in [-0.15, -0.1) is 0 Å². The van der Waals surface area contributed by atoms with Crippen molar-refractivity contribution < 1.29 is 4.74 Å². The number of rotatable bonds is 9. The van der Waals surface area contributed by atoms with Gasteiger partial charge in [-0.1, -0.05) is 36.8 Å². The summed E-state index contributed by atoms with van der Waals surface area (Å²) in [7, 11) is 4.09. The number of hydrogen-bond acceptors (Lipinski definition) is 6. The van der Waals surface area contributed by atoms with Crippen LogP contribution in [0.2, 0.25) is 0 Å². The quantitative estimate of drug-likeness (QED) is 0.326. The van der Waals surface area contributed by atoms with Crippen LogP contribution < -0.4 is 15.8 Å². The second-order valence-electron chi connectivity index (χ2n) is 9.60. The third-order valence-corrected chi connectivity index (χ3v) is 6.85. The molecule has 182 valence electrons. The Bertz CT molecular complexity index is 1250. The Morgan fingerprint density at radius 2 is 1.83 bits per heavy atom. The lowest BCUT2D eigenvalue weighted by atomic mass is 9.98. The summed E-state index contributed by atoms with van der Waals surface area (Å²) in [5, 5.41) is 4.61. The normalized spacial score (nSPS) is 17.8. The average Bonchev–Trinajstić information content (AvgIpc) is 3.47. The number of H-pyrrole nitrogens is 1. The largest absolute Gasteiger partial charge is 0.492 e. The lowest BCUT2D eigenvalue weighted by Gasteiger charge is -2.17. The maximum Gasteiger partial charge on any atom is 0.143 e. The van der Waals surface area contributed by atoms with Gasteiger partial charge in [0.15, 0.2) is 0 Å². The molecule has 1 aliphatic carbocycles. The van der Waals surface area contributed by atoms with E-state index in [1.54, 1.807) is 6.33 Å². The van der Waals surface area contributed by atoms with Gasteiger partial charge < -0.3 is 25.7 Å². The van der Waals surface area contributed by atoms with E-state index in [0.29, 0.717) is 12.5 Å². The van der Waals surface area contributed by atoms with E-state index in [4.69, 9.17) is 10.5 Å². The zero-order valence-corrected chi connectivity index (χ0v) is 20.5. The van der Waals surface area contributed by atoms with E-state index >= 15 is 0 Å². The molecule has 2 atom stereocenters. The molecule has 7 nitrogen and oxygen atoms in total. The van der Waals surface area contributed by atoms with Gasteiger partial charge in [-0.3, -0.25) is 0 Å². The van der Waals surface area contributed by atoms with E-state index in [-0.39, 0.29) is 6.04 Å². The summed E-state index contributed by atoms with van der Waals surface area (Å²) < 4.78 is 5.90. The number of anilines is 1. The Balaban J connectivity index is 1.51. The molecule has 4 aromatic rings. The summed E-state index contributed by atoms with van der Waals surface area (Å²) >= 11 is 0. The molecule has 1 saturated carbocycles. The third-order valence-electron chi connectivity index (χ3n) is 6.85. The number of aromatic nitrogens is 3. The molecule has 35 heavy (non-hydrogen) atoms. The Labute approximate surface area is 206 Å². The van der Waals surface area contributed by atoms with Crippen LogP contribution in [0.1, 0.15) is 19.3 Å². The summed E-state index contributed by atoms with van der Waals surface area (Å²) in [5.41, 5.74) is 11.5. The summed E-state index contributed by atoms with van der Waals surface area (Å²) in [4.78, 5) is 14.9. The number of ether oxygens (including phenoxy) is 1. The van der Waals surface area contributed by atoms with Gasteiger partial charge >= 0.3 is 0 Å². The number of benzene rings is 2. The monoisotopic (exact) mass is 470 g/mol. The van der Waals surface area contributed by atoms with Crippen LogP contribution in [0.4, 0.5) is 5.82 Å². The molecule has 0 spiro atoms. The smallest absolute Gasteiger partial charge is 0.143 e. The topological polar surface area (TPSA) is 92.1 Å². The maximum atomic E-state index is 6.32. The predicted octanol–water partition coefficient (Wildman–Crippen LogP) is 4.77. The van der Waals surface area contributed by atoms with Crippen molar-refractivity contribution >= 4 is 16.9 Å². The van der Waals surface area contributed by atoms with Crippen LogP contribution in [0.5, 0.6) is 5.75 Å². The molecular formula is C28H34N6O. The standard InChI is InChI=1S/C28H34N6O/c1-34(2)15-16-35-22-13-11-20(12-14-22)26-24(19-7-4-3-5-8-19)25-27(31-18-32-28(25)33-26)30-17-21-9-6-10-23(21)29/h3-5,7-8,11-14,18,21,23H,6,9-10,15-17,29H2,1-2H3,(H2,30,31,32,33)/t21-,23-/m0/s1. The number of likely N-dealkylation sites (N-methyl/N-ethyl adjacent to an activating group) is 1.